The van der Waals surface area contributed by atoms with Gasteiger partial charge in [-0.25, -0.2) is 10.5 Å². The zero-order chi connectivity index (χ0) is 11.7. The topological polar surface area (TPSA) is 70.7 Å². The van der Waals surface area contributed by atoms with Crippen LogP contribution in [0.25, 0.3) is 6.58 Å². The number of rotatable bonds is 2. The maximum absolute atomic E-state index is 11.9. The van der Waals surface area contributed by atoms with Crippen LogP contribution in [0.4, 0.5) is 5.69 Å². The molecular formula is C10H12N4OS. The van der Waals surface area contributed by atoms with Crippen LogP contribution in [-0.2, 0) is 4.79 Å². The lowest BCUT2D eigenvalue weighted by atomic mass is 10.2. The van der Waals surface area contributed by atoms with Gasteiger partial charge in [0.25, 0.3) is 5.91 Å². The zero-order valence-corrected chi connectivity index (χ0v) is 9.45. The third-order valence-electron chi connectivity index (χ3n) is 2.34. The highest BCUT2D eigenvalue weighted by molar-refractivity contribution is 7.80. The van der Waals surface area contributed by atoms with E-state index in [1.165, 1.54) is 5.01 Å². The highest BCUT2D eigenvalue weighted by Crippen LogP contribution is 2.08. The molecule has 0 radical (unpaired) electrons. The molecule has 1 aliphatic heterocycles. The van der Waals surface area contributed by atoms with E-state index in [1.54, 1.807) is 6.07 Å². The lowest BCUT2D eigenvalue weighted by Crippen LogP contribution is -2.49. The summed E-state index contributed by atoms with van der Waals surface area (Å²) in [5, 5.41) is 6.79. The number of benzene rings is 1. The van der Waals surface area contributed by atoms with Crippen LogP contribution < -0.4 is 26.9 Å². The Bertz CT molecular complexity index is 530. The molecule has 0 bridgehead atoms. The molecule has 16 heavy (non-hydrogen) atoms. The van der Waals surface area contributed by atoms with Crippen molar-refractivity contribution in [1.29, 1.82) is 0 Å². The number of thiol groups is 1. The van der Waals surface area contributed by atoms with Crippen molar-refractivity contribution in [3.8, 4) is 0 Å². The van der Waals surface area contributed by atoms with Crippen molar-refractivity contribution in [1.82, 2.24) is 5.53 Å². The Morgan fingerprint density at radius 3 is 3.12 bits per heavy atom. The predicted octanol–water partition coefficient (Wildman–Crippen LogP) is -1.26. The van der Waals surface area contributed by atoms with E-state index < -0.39 is 6.04 Å². The van der Waals surface area contributed by atoms with Crippen LogP contribution in [-0.4, -0.2) is 17.7 Å². The molecule has 1 heterocycles. The molecule has 0 saturated carbocycles. The molecule has 0 saturated heterocycles. The monoisotopic (exact) mass is 236 g/mol. The number of carbonyl (C=O) groups is 1. The van der Waals surface area contributed by atoms with Crippen LogP contribution in [0, 0.1) is 0 Å². The van der Waals surface area contributed by atoms with Gasteiger partial charge in [0.15, 0.2) is 0 Å². The smallest absolute Gasteiger partial charge is 0.264 e. The van der Waals surface area contributed by atoms with E-state index in [-0.39, 0.29) is 11.7 Å². The highest BCUT2D eigenvalue weighted by Gasteiger charge is 2.25. The maximum atomic E-state index is 11.9. The number of hydrazine groups is 1. The fourth-order valence-electron chi connectivity index (χ4n) is 1.45. The lowest BCUT2D eigenvalue weighted by molar-refractivity contribution is -0.119. The summed E-state index contributed by atoms with van der Waals surface area (Å²) in [7, 11) is 0. The van der Waals surface area contributed by atoms with E-state index in [9.17, 15) is 4.79 Å². The summed E-state index contributed by atoms with van der Waals surface area (Å²) in [6.07, 6.45) is 0. The Morgan fingerprint density at radius 1 is 1.69 bits per heavy atom. The van der Waals surface area contributed by atoms with Crippen LogP contribution in [0.2, 0.25) is 0 Å². The molecule has 3 N–H and O–H groups in total. The molecule has 1 amide bonds. The summed E-state index contributed by atoms with van der Waals surface area (Å²) in [5.41, 5.74) is 8.94. The summed E-state index contributed by atoms with van der Waals surface area (Å²) in [5.74, 6) is 0.0271. The second-order valence-corrected chi connectivity index (χ2v) is 3.82. The molecule has 0 spiro atoms. The first-order chi connectivity index (χ1) is 7.65. The number of anilines is 1. The summed E-state index contributed by atoms with van der Waals surface area (Å²) in [4.78, 5) is 11.9. The number of hydrogen-bond acceptors (Lipinski definition) is 5. The minimum atomic E-state index is -0.648. The third kappa shape index (κ3) is 1.66. The number of fused-ring (bicyclic) bond motifs is 1. The molecule has 0 unspecified atom stereocenters. The van der Waals surface area contributed by atoms with Crippen molar-refractivity contribution < 1.29 is 4.79 Å². The average molecular weight is 236 g/mol. The normalized spacial score (nSPS) is 15.0. The predicted molar refractivity (Wildman–Crippen MR) is 65.2 cm³/mol. The van der Waals surface area contributed by atoms with Gasteiger partial charge in [-0.15, -0.1) is 0 Å². The quantitative estimate of drug-likeness (QED) is 0.561. The van der Waals surface area contributed by atoms with Gasteiger partial charge >= 0.3 is 0 Å². The summed E-state index contributed by atoms with van der Waals surface area (Å²) in [6.45, 7) is 3.83. The first kappa shape index (κ1) is 11.0. The average Bonchev–Trinajstić information content (AvgIpc) is 2.72. The number of nitrogens with one attached hydrogen (secondary N) is 1. The number of carbonyl (C=O) groups excluding carboxylic acids is 1. The van der Waals surface area contributed by atoms with E-state index >= 15 is 0 Å². The second-order valence-electron chi connectivity index (χ2n) is 3.46. The molecule has 1 aromatic rings. The van der Waals surface area contributed by atoms with Crippen LogP contribution in [0.3, 0.4) is 0 Å². The van der Waals surface area contributed by atoms with Crippen molar-refractivity contribution in [2.45, 2.75) is 6.04 Å². The van der Waals surface area contributed by atoms with Gasteiger partial charge in [-0.1, -0.05) is 18.7 Å². The van der Waals surface area contributed by atoms with Gasteiger partial charge in [0.1, 0.15) is 5.36 Å². The molecule has 1 atom stereocenters. The van der Waals surface area contributed by atoms with Gasteiger partial charge in [0.05, 0.1) is 11.7 Å². The number of nitrogens with two attached hydrogens (primary N) is 1. The first-order valence-electron chi connectivity index (χ1n) is 4.77. The van der Waals surface area contributed by atoms with Crippen LogP contribution in [0.1, 0.15) is 0 Å². The van der Waals surface area contributed by atoms with Crippen LogP contribution in [0.5, 0.6) is 0 Å². The fraction of sp³-hybridized carbons (Fsp3) is 0.200. The molecular weight excluding hydrogens is 224 g/mol. The Balaban J connectivity index is 2.38. The Kier molecular flexibility index (Phi) is 2.84. The minimum Gasteiger partial charge on any atom is -0.319 e. The Morgan fingerprint density at radius 2 is 2.44 bits per heavy atom. The zero-order valence-electron chi connectivity index (χ0n) is 8.55. The Hall–Kier alpha value is -1.53. The number of para-hydroxylation sites is 1. The summed E-state index contributed by atoms with van der Waals surface area (Å²) < 4.78 is 0. The second kappa shape index (κ2) is 4.15. The number of amides is 1. The van der Waals surface area contributed by atoms with E-state index in [1.807, 2.05) is 12.1 Å². The minimum absolute atomic E-state index is 0.261. The molecule has 84 valence electrons. The van der Waals surface area contributed by atoms with E-state index in [4.69, 9.17) is 5.73 Å². The van der Waals surface area contributed by atoms with E-state index in [0.29, 0.717) is 11.0 Å². The van der Waals surface area contributed by atoms with Crippen molar-refractivity contribution in [3.63, 3.8) is 0 Å². The van der Waals surface area contributed by atoms with E-state index in [2.05, 4.69) is 29.8 Å². The summed E-state index contributed by atoms with van der Waals surface area (Å²) in [6, 6.07) is 4.79. The SMILES string of the molecule is C=c1cccc2c1=NNN2C(=O)[C@@H](N)CS. The van der Waals surface area contributed by atoms with Crippen LogP contribution >= 0.6 is 12.6 Å². The van der Waals surface area contributed by atoms with Crippen LogP contribution in [0.15, 0.2) is 23.3 Å². The standard InChI is InChI=1S/C10H12N4OS/c1-6-3-2-4-8-9(6)12-13-14(8)10(15)7(11)5-16/h2-4,7,13,16H,1,5,11H2/t7-/m0/s1. The maximum Gasteiger partial charge on any atom is 0.264 e. The van der Waals surface area contributed by atoms with Gasteiger partial charge in [0.2, 0.25) is 0 Å². The lowest BCUT2D eigenvalue weighted by Gasteiger charge is -2.19. The van der Waals surface area contributed by atoms with Crippen molar-refractivity contribution in [2.75, 3.05) is 10.8 Å². The third-order valence-corrected chi connectivity index (χ3v) is 2.73. The Labute approximate surface area is 98.0 Å². The van der Waals surface area contributed by atoms with Gasteiger partial charge in [-0.2, -0.15) is 17.7 Å². The molecule has 0 aliphatic carbocycles. The molecule has 1 aromatic carbocycles. The summed E-state index contributed by atoms with van der Waals surface area (Å²) >= 11 is 3.99. The van der Waals surface area contributed by atoms with Gasteiger partial charge in [0, 0.05) is 5.75 Å². The molecule has 5 nitrogen and oxygen atoms in total. The van der Waals surface area contributed by atoms with Crippen molar-refractivity contribution >= 4 is 30.8 Å². The van der Waals surface area contributed by atoms with Crippen molar-refractivity contribution in [3.05, 3.63) is 28.8 Å². The molecule has 1 aliphatic rings. The van der Waals surface area contributed by atoms with Gasteiger partial charge in [-0.05, 0) is 11.3 Å². The highest BCUT2D eigenvalue weighted by atomic mass is 32.1. The molecule has 0 aromatic heterocycles. The van der Waals surface area contributed by atoms with E-state index in [0.717, 1.165) is 5.22 Å². The largest absolute Gasteiger partial charge is 0.319 e. The van der Waals surface area contributed by atoms with Crippen molar-refractivity contribution in [2.24, 2.45) is 10.8 Å². The molecule has 2 rings (SSSR count). The van der Waals surface area contributed by atoms with Gasteiger partial charge < -0.3 is 5.73 Å². The molecule has 0 fully saturated rings. The fourth-order valence-corrected chi connectivity index (χ4v) is 1.61. The van der Waals surface area contributed by atoms with Gasteiger partial charge in [-0.3, -0.25) is 4.79 Å². The first-order valence-corrected chi connectivity index (χ1v) is 5.40. The molecule has 6 heteroatoms. The number of hydrogen-bond donors (Lipinski definition) is 3. The number of nitrogens with zero attached hydrogens (tertiary/aromatic N) is 2.